The normalized spacial score (nSPS) is 19.5. The number of benzene rings is 1. The van der Waals surface area contributed by atoms with Gasteiger partial charge in [0.25, 0.3) is 5.91 Å². The molecule has 1 aromatic carbocycles. The fraction of sp³-hybridized carbons (Fsp3) is 0.545. The number of alkyl halides is 6. The van der Waals surface area contributed by atoms with E-state index in [1.54, 1.807) is 4.57 Å². The lowest BCUT2D eigenvalue weighted by molar-refractivity contribution is -0.143. The van der Waals surface area contributed by atoms with Crippen LogP contribution in [0.25, 0.3) is 0 Å². The Morgan fingerprint density at radius 2 is 1.67 bits per heavy atom. The Morgan fingerprint density at radius 3 is 2.27 bits per heavy atom. The third-order valence-corrected chi connectivity index (χ3v) is 6.22. The van der Waals surface area contributed by atoms with Crippen LogP contribution in [-0.4, -0.2) is 46.5 Å². The third-order valence-electron chi connectivity index (χ3n) is 6.22. The molecule has 1 fully saturated rings. The van der Waals surface area contributed by atoms with E-state index in [4.69, 9.17) is 0 Å². The Morgan fingerprint density at radius 1 is 1.03 bits per heavy atom. The highest BCUT2D eigenvalue weighted by atomic mass is 19.4. The number of aryl methyl sites for hydroxylation is 1. The molecule has 33 heavy (non-hydrogen) atoms. The van der Waals surface area contributed by atoms with E-state index in [1.807, 2.05) is 0 Å². The molecule has 0 radical (unpaired) electrons. The molecular formula is C22H24F6N4O. The Bertz CT molecular complexity index is 975. The van der Waals surface area contributed by atoms with Crippen molar-refractivity contribution >= 4 is 5.91 Å². The maximum Gasteiger partial charge on any atom is 0.416 e. The molecule has 2 aromatic rings. The van der Waals surface area contributed by atoms with Crippen molar-refractivity contribution in [3.63, 3.8) is 0 Å². The topological polar surface area (TPSA) is 50.2 Å². The molecule has 4 rings (SSSR count). The van der Waals surface area contributed by atoms with Crippen molar-refractivity contribution in [1.82, 2.24) is 19.8 Å². The number of halogens is 6. The summed E-state index contributed by atoms with van der Waals surface area (Å²) in [7, 11) is 0. The van der Waals surface area contributed by atoms with E-state index in [9.17, 15) is 31.1 Å². The van der Waals surface area contributed by atoms with Crippen molar-refractivity contribution < 1.29 is 31.1 Å². The number of nitrogens with one attached hydrogen (secondary N) is 1. The van der Waals surface area contributed by atoms with Gasteiger partial charge < -0.3 is 14.8 Å². The molecule has 1 amide bonds. The van der Waals surface area contributed by atoms with E-state index in [1.165, 1.54) is 6.20 Å². The van der Waals surface area contributed by atoms with Gasteiger partial charge in [-0.15, -0.1) is 0 Å². The van der Waals surface area contributed by atoms with Gasteiger partial charge in [0.2, 0.25) is 0 Å². The molecular weight excluding hydrogens is 450 g/mol. The predicted molar refractivity (Wildman–Crippen MR) is 108 cm³/mol. The van der Waals surface area contributed by atoms with Gasteiger partial charge in [-0.3, -0.25) is 4.79 Å². The van der Waals surface area contributed by atoms with Crippen LogP contribution in [0.4, 0.5) is 26.3 Å². The monoisotopic (exact) mass is 474 g/mol. The molecule has 1 saturated heterocycles. The van der Waals surface area contributed by atoms with Gasteiger partial charge in [-0.25, -0.2) is 4.98 Å². The largest absolute Gasteiger partial charge is 0.416 e. The fourth-order valence-electron chi connectivity index (χ4n) is 4.46. The van der Waals surface area contributed by atoms with Crippen LogP contribution >= 0.6 is 0 Å². The van der Waals surface area contributed by atoms with E-state index in [0.717, 1.165) is 44.6 Å². The van der Waals surface area contributed by atoms with Crippen LogP contribution in [0.2, 0.25) is 0 Å². The molecule has 3 heterocycles. The number of hydrogen-bond donors (Lipinski definition) is 1. The number of imidazole rings is 1. The summed E-state index contributed by atoms with van der Waals surface area (Å²) < 4.78 is 80.9. The van der Waals surface area contributed by atoms with Gasteiger partial charge in [0.15, 0.2) is 0 Å². The summed E-state index contributed by atoms with van der Waals surface area (Å²) in [5.74, 6) is -0.300. The first-order valence-corrected chi connectivity index (χ1v) is 10.9. The van der Waals surface area contributed by atoms with Crippen molar-refractivity contribution in [2.24, 2.45) is 0 Å². The van der Waals surface area contributed by atoms with Gasteiger partial charge in [0, 0.05) is 38.2 Å². The minimum atomic E-state index is -4.88. The van der Waals surface area contributed by atoms with Crippen LogP contribution in [0.1, 0.15) is 58.2 Å². The number of carbonyl (C=O) groups excluding carboxylic acids is 1. The summed E-state index contributed by atoms with van der Waals surface area (Å²) in [6, 6.07) is 1.71. The van der Waals surface area contributed by atoms with Crippen LogP contribution in [0, 0.1) is 0 Å². The molecule has 0 spiro atoms. The Balaban J connectivity index is 1.47. The lowest BCUT2D eigenvalue weighted by Gasteiger charge is -2.25. The second kappa shape index (κ2) is 9.00. The van der Waals surface area contributed by atoms with Crippen LogP contribution in [0.15, 0.2) is 24.4 Å². The van der Waals surface area contributed by atoms with Crippen molar-refractivity contribution in [3.8, 4) is 0 Å². The number of carbonyl (C=O) groups is 1. The van der Waals surface area contributed by atoms with Gasteiger partial charge in [0.1, 0.15) is 11.5 Å². The molecule has 0 saturated carbocycles. The molecule has 180 valence electrons. The number of likely N-dealkylation sites (tertiary alicyclic amines) is 1. The van der Waals surface area contributed by atoms with E-state index < -0.39 is 29.4 Å². The smallest absolute Gasteiger partial charge is 0.349 e. The van der Waals surface area contributed by atoms with Crippen LogP contribution in [0.5, 0.6) is 0 Å². The van der Waals surface area contributed by atoms with Crippen LogP contribution in [-0.2, 0) is 25.3 Å². The molecule has 1 atom stereocenters. The molecule has 1 unspecified atom stereocenters. The zero-order valence-electron chi connectivity index (χ0n) is 17.8. The number of nitrogens with zero attached hydrogens (tertiary/aromatic N) is 3. The zero-order valence-corrected chi connectivity index (χ0v) is 17.8. The van der Waals surface area contributed by atoms with Gasteiger partial charge in [-0.2, -0.15) is 26.3 Å². The number of hydrogen-bond acceptors (Lipinski definition) is 3. The standard InChI is InChI=1S/C22H24F6N4O/c23-21(24,25)16-9-15(10-17(11-16)22(26,27)28)14-3-4-19-30-18(13-32(19)12-14)20(33)29-5-8-31-6-1-2-7-31/h9-11,13-14H,1-8,12H2,(H,29,33). The maximum atomic E-state index is 13.2. The number of amides is 1. The van der Waals surface area contributed by atoms with Crippen molar-refractivity contribution in [2.45, 2.75) is 50.5 Å². The first-order valence-electron chi connectivity index (χ1n) is 10.9. The maximum absolute atomic E-state index is 13.2. The van der Waals surface area contributed by atoms with Gasteiger partial charge in [-0.05, 0) is 56.1 Å². The lowest BCUT2D eigenvalue weighted by Crippen LogP contribution is -2.33. The number of aromatic nitrogens is 2. The Kier molecular flexibility index (Phi) is 6.43. The van der Waals surface area contributed by atoms with Crippen LogP contribution < -0.4 is 5.32 Å². The average Bonchev–Trinajstić information content (AvgIpc) is 3.41. The van der Waals surface area contributed by atoms with E-state index >= 15 is 0 Å². The summed E-state index contributed by atoms with van der Waals surface area (Å²) in [6.07, 6.45) is -5.26. The third kappa shape index (κ3) is 5.51. The van der Waals surface area contributed by atoms with Gasteiger partial charge >= 0.3 is 12.4 Å². The quantitative estimate of drug-likeness (QED) is 0.651. The SMILES string of the molecule is O=C(NCCN1CCCC1)c1cn2c(n1)CCC(c1cc(C(F)(F)F)cc(C(F)(F)F)c1)C2. The number of rotatable bonds is 5. The van der Waals surface area contributed by atoms with Crippen LogP contribution in [0.3, 0.4) is 0 Å². The van der Waals surface area contributed by atoms with Crippen molar-refractivity contribution in [2.75, 3.05) is 26.2 Å². The highest BCUT2D eigenvalue weighted by molar-refractivity contribution is 5.92. The highest BCUT2D eigenvalue weighted by Gasteiger charge is 2.38. The Labute approximate surface area is 186 Å². The molecule has 1 aromatic heterocycles. The predicted octanol–water partition coefficient (Wildman–Crippen LogP) is 4.48. The minimum absolute atomic E-state index is 0.0203. The zero-order chi connectivity index (χ0) is 23.8. The van der Waals surface area contributed by atoms with E-state index in [-0.39, 0.29) is 29.8 Å². The van der Waals surface area contributed by atoms with E-state index in [2.05, 4.69) is 15.2 Å². The average molecular weight is 474 g/mol. The molecule has 2 aliphatic rings. The lowest BCUT2D eigenvalue weighted by atomic mass is 9.89. The first kappa shape index (κ1) is 23.6. The fourth-order valence-corrected chi connectivity index (χ4v) is 4.46. The van der Waals surface area contributed by atoms with E-state index in [0.29, 0.717) is 25.2 Å². The molecule has 1 N–H and O–H groups in total. The van der Waals surface area contributed by atoms with Gasteiger partial charge in [-0.1, -0.05) is 0 Å². The summed E-state index contributed by atoms with van der Waals surface area (Å²) in [4.78, 5) is 19.0. The molecule has 0 aliphatic carbocycles. The Hall–Kier alpha value is -2.56. The molecule has 2 aliphatic heterocycles. The second-order valence-corrected chi connectivity index (χ2v) is 8.57. The van der Waals surface area contributed by atoms with Gasteiger partial charge in [0.05, 0.1) is 11.1 Å². The highest BCUT2D eigenvalue weighted by Crippen LogP contribution is 2.39. The molecule has 5 nitrogen and oxygen atoms in total. The first-order chi connectivity index (χ1) is 15.5. The summed E-state index contributed by atoms with van der Waals surface area (Å²) >= 11 is 0. The second-order valence-electron chi connectivity index (χ2n) is 8.57. The minimum Gasteiger partial charge on any atom is -0.349 e. The van der Waals surface area contributed by atoms with Crippen molar-refractivity contribution in [3.05, 3.63) is 52.6 Å². The summed E-state index contributed by atoms with van der Waals surface area (Å²) in [6.45, 7) is 3.41. The summed E-state index contributed by atoms with van der Waals surface area (Å²) in [5, 5.41) is 2.82. The van der Waals surface area contributed by atoms with Crippen molar-refractivity contribution in [1.29, 1.82) is 0 Å². The molecule has 0 bridgehead atoms. The number of fused-ring (bicyclic) bond motifs is 1. The molecule has 11 heteroatoms. The summed E-state index contributed by atoms with van der Waals surface area (Å²) in [5.41, 5.74) is -2.45.